The first kappa shape index (κ1) is 13.2. The average molecular weight is 267 g/mol. The van der Waals surface area contributed by atoms with Crippen molar-refractivity contribution in [1.29, 1.82) is 0 Å². The lowest BCUT2D eigenvalue weighted by Crippen LogP contribution is -2.37. The van der Waals surface area contributed by atoms with Crippen LogP contribution in [0.3, 0.4) is 0 Å². The molecule has 0 bridgehead atoms. The lowest BCUT2D eigenvalue weighted by Gasteiger charge is -2.25. The van der Waals surface area contributed by atoms with E-state index < -0.39 is 0 Å². The van der Waals surface area contributed by atoms with E-state index in [1.807, 2.05) is 24.1 Å². The predicted octanol–water partition coefficient (Wildman–Crippen LogP) is 3.64. The number of hydrogen-bond donors (Lipinski definition) is 0. The molecule has 2 nitrogen and oxygen atoms in total. The van der Waals surface area contributed by atoms with Crippen LogP contribution in [0, 0.1) is 5.92 Å². The quantitative estimate of drug-likeness (QED) is 0.828. The van der Waals surface area contributed by atoms with Crippen LogP contribution in [0.25, 0.3) is 10.8 Å². The third kappa shape index (κ3) is 2.69. The van der Waals surface area contributed by atoms with E-state index >= 15 is 0 Å². The summed E-state index contributed by atoms with van der Waals surface area (Å²) >= 11 is 0. The van der Waals surface area contributed by atoms with Crippen LogP contribution in [0.15, 0.2) is 42.5 Å². The Morgan fingerprint density at radius 1 is 1.20 bits per heavy atom. The van der Waals surface area contributed by atoms with Crippen molar-refractivity contribution in [3.05, 3.63) is 48.0 Å². The van der Waals surface area contributed by atoms with Gasteiger partial charge in [0.15, 0.2) is 0 Å². The van der Waals surface area contributed by atoms with Crippen LogP contribution in [-0.4, -0.2) is 23.9 Å². The zero-order valence-corrected chi connectivity index (χ0v) is 12.2. The molecule has 20 heavy (non-hydrogen) atoms. The Kier molecular flexibility index (Phi) is 3.47. The number of nitrogens with zero attached hydrogens (tertiary/aromatic N) is 1. The number of benzene rings is 2. The summed E-state index contributed by atoms with van der Waals surface area (Å²) in [5.41, 5.74) is 1.10. The SMILES string of the molecule is CC(C1CC1)N(C)C(=O)Cc1ccc2ccccc2c1. The van der Waals surface area contributed by atoms with Gasteiger partial charge in [0, 0.05) is 13.1 Å². The summed E-state index contributed by atoms with van der Waals surface area (Å²) in [6, 6.07) is 14.9. The van der Waals surface area contributed by atoms with Crippen molar-refractivity contribution in [2.45, 2.75) is 32.2 Å². The number of rotatable bonds is 4. The Bertz CT molecular complexity index is 630. The van der Waals surface area contributed by atoms with E-state index in [1.54, 1.807) is 0 Å². The summed E-state index contributed by atoms with van der Waals surface area (Å²) < 4.78 is 0. The molecule has 1 aliphatic carbocycles. The molecular formula is C18H21NO. The summed E-state index contributed by atoms with van der Waals surface area (Å²) in [6.07, 6.45) is 3.04. The van der Waals surface area contributed by atoms with Crippen molar-refractivity contribution in [3.63, 3.8) is 0 Å². The molecule has 2 heteroatoms. The first-order valence-electron chi connectivity index (χ1n) is 7.38. The monoisotopic (exact) mass is 267 g/mol. The molecule has 0 heterocycles. The van der Waals surface area contributed by atoms with Crippen LogP contribution in [0.4, 0.5) is 0 Å². The van der Waals surface area contributed by atoms with E-state index in [1.165, 1.54) is 23.6 Å². The van der Waals surface area contributed by atoms with Gasteiger partial charge in [0.2, 0.25) is 5.91 Å². The van der Waals surface area contributed by atoms with Gasteiger partial charge in [-0.1, -0.05) is 42.5 Å². The summed E-state index contributed by atoms with van der Waals surface area (Å²) in [5.74, 6) is 0.945. The van der Waals surface area contributed by atoms with Gasteiger partial charge in [-0.25, -0.2) is 0 Å². The van der Waals surface area contributed by atoms with Gasteiger partial charge >= 0.3 is 0 Å². The maximum atomic E-state index is 12.3. The summed E-state index contributed by atoms with van der Waals surface area (Å²) in [4.78, 5) is 14.3. The molecule has 1 unspecified atom stereocenters. The van der Waals surface area contributed by atoms with Crippen LogP contribution >= 0.6 is 0 Å². The second kappa shape index (κ2) is 5.28. The zero-order valence-electron chi connectivity index (χ0n) is 12.2. The van der Waals surface area contributed by atoms with E-state index in [0.29, 0.717) is 12.5 Å². The first-order chi connectivity index (χ1) is 9.65. The Balaban J connectivity index is 1.73. The number of hydrogen-bond acceptors (Lipinski definition) is 1. The third-order valence-corrected chi connectivity index (χ3v) is 4.48. The van der Waals surface area contributed by atoms with Crippen molar-refractivity contribution in [3.8, 4) is 0 Å². The number of likely N-dealkylation sites (N-methyl/N-ethyl adjacent to an activating group) is 1. The van der Waals surface area contributed by atoms with Crippen LogP contribution in [0.1, 0.15) is 25.3 Å². The van der Waals surface area contributed by atoms with Crippen LogP contribution in [0.2, 0.25) is 0 Å². The third-order valence-electron chi connectivity index (χ3n) is 4.48. The highest BCUT2D eigenvalue weighted by Gasteiger charge is 2.32. The minimum absolute atomic E-state index is 0.222. The number of carbonyl (C=O) groups is 1. The molecule has 0 radical (unpaired) electrons. The van der Waals surface area contributed by atoms with Gasteiger partial charge in [0.05, 0.1) is 6.42 Å². The van der Waals surface area contributed by atoms with Crippen LogP contribution in [0.5, 0.6) is 0 Å². The number of amides is 1. The van der Waals surface area contributed by atoms with E-state index in [2.05, 4.69) is 37.3 Å². The first-order valence-corrected chi connectivity index (χ1v) is 7.38. The molecule has 0 saturated heterocycles. The van der Waals surface area contributed by atoms with E-state index in [9.17, 15) is 4.79 Å². The molecule has 0 N–H and O–H groups in total. The van der Waals surface area contributed by atoms with Gasteiger partial charge in [0.1, 0.15) is 0 Å². The molecule has 0 aromatic heterocycles. The van der Waals surface area contributed by atoms with Gasteiger partial charge in [-0.3, -0.25) is 4.79 Å². The molecule has 1 fully saturated rings. The Morgan fingerprint density at radius 2 is 1.90 bits per heavy atom. The maximum Gasteiger partial charge on any atom is 0.226 e. The van der Waals surface area contributed by atoms with Crippen LogP contribution < -0.4 is 0 Å². The summed E-state index contributed by atoms with van der Waals surface area (Å²) in [5, 5.41) is 2.43. The normalized spacial score (nSPS) is 16.1. The Morgan fingerprint density at radius 3 is 2.60 bits per heavy atom. The topological polar surface area (TPSA) is 20.3 Å². The number of fused-ring (bicyclic) bond motifs is 1. The summed E-state index contributed by atoms with van der Waals surface area (Å²) in [7, 11) is 1.94. The Labute approximate surface area is 120 Å². The molecular weight excluding hydrogens is 246 g/mol. The van der Waals surface area contributed by atoms with Crippen molar-refractivity contribution in [1.82, 2.24) is 4.90 Å². The fraction of sp³-hybridized carbons (Fsp3) is 0.389. The molecule has 1 saturated carbocycles. The number of carbonyl (C=O) groups excluding carboxylic acids is 1. The van der Waals surface area contributed by atoms with Gasteiger partial charge in [-0.2, -0.15) is 0 Å². The van der Waals surface area contributed by atoms with Crippen molar-refractivity contribution in [2.24, 2.45) is 5.92 Å². The lowest BCUT2D eigenvalue weighted by molar-refractivity contribution is -0.131. The van der Waals surface area contributed by atoms with Crippen LogP contribution in [-0.2, 0) is 11.2 Å². The standard InChI is InChI=1S/C18H21NO/c1-13(15-9-10-15)19(2)18(20)12-14-7-8-16-5-3-4-6-17(16)11-14/h3-8,11,13,15H,9-10,12H2,1-2H3. The average Bonchev–Trinajstić information content (AvgIpc) is 3.30. The Hall–Kier alpha value is -1.83. The van der Waals surface area contributed by atoms with E-state index in [4.69, 9.17) is 0 Å². The molecule has 1 aliphatic rings. The fourth-order valence-electron chi connectivity index (χ4n) is 2.77. The highest BCUT2D eigenvalue weighted by molar-refractivity contribution is 5.85. The highest BCUT2D eigenvalue weighted by Crippen LogP contribution is 2.34. The zero-order chi connectivity index (χ0) is 14.1. The smallest absolute Gasteiger partial charge is 0.226 e. The molecule has 1 amide bonds. The largest absolute Gasteiger partial charge is 0.342 e. The van der Waals surface area contributed by atoms with Crippen molar-refractivity contribution in [2.75, 3.05) is 7.05 Å². The minimum atomic E-state index is 0.222. The highest BCUT2D eigenvalue weighted by atomic mass is 16.2. The molecule has 0 spiro atoms. The molecule has 1 atom stereocenters. The van der Waals surface area contributed by atoms with Gasteiger partial charge < -0.3 is 4.90 Å². The molecule has 2 aromatic rings. The molecule has 104 valence electrons. The van der Waals surface area contributed by atoms with Gasteiger partial charge in [0.25, 0.3) is 0 Å². The molecule has 3 rings (SSSR count). The lowest BCUT2D eigenvalue weighted by atomic mass is 10.0. The van der Waals surface area contributed by atoms with E-state index in [0.717, 1.165) is 11.5 Å². The van der Waals surface area contributed by atoms with Gasteiger partial charge in [-0.15, -0.1) is 0 Å². The van der Waals surface area contributed by atoms with Crippen molar-refractivity contribution < 1.29 is 4.79 Å². The van der Waals surface area contributed by atoms with E-state index in [-0.39, 0.29) is 5.91 Å². The second-order valence-corrected chi connectivity index (χ2v) is 5.94. The predicted molar refractivity (Wildman–Crippen MR) is 82.6 cm³/mol. The molecule has 2 aromatic carbocycles. The van der Waals surface area contributed by atoms with Gasteiger partial charge in [-0.05, 0) is 42.0 Å². The summed E-state index contributed by atoms with van der Waals surface area (Å²) in [6.45, 7) is 2.16. The maximum absolute atomic E-state index is 12.3. The minimum Gasteiger partial charge on any atom is -0.342 e. The fourth-order valence-corrected chi connectivity index (χ4v) is 2.77. The van der Waals surface area contributed by atoms with Crippen molar-refractivity contribution >= 4 is 16.7 Å². The molecule has 0 aliphatic heterocycles. The second-order valence-electron chi connectivity index (χ2n) is 5.94.